The van der Waals surface area contributed by atoms with Crippen LogP contribution in [0.25, 0.3) is 0 Å². The van der Waals surface area contributed by atoms with Gasteiger partial charge in [-0.05, 0) is 24.3 Å². The second-order valence-corrected chi connectivity index (χ2v) is 4.60. The van der Waals surface area contributed by atoms with E-state index in [-0.39, 0.29) is 5.91 Å². The molecule has 1 saturated heterocycles. The van der Waals surface area contributed by atoms with E-state index in [0.29, 0.717) is 18.7 Å². The number of para-hydroxylation sites is 2. The zero-order valence-corrected chi connectivity index (χ0v) is 11.3. The summed E-state index contributed by atoms with van der Waals surface area (Å²) >= 11 is 0. The van der Waals surface area contributed by atoms with E-state index in [4.69, 9.17) is 4.74 Å². The maximum Gasteiger partial charge on any atom is 0.441 e. The molecule has 1 heterocycles. The van der Waals surface area contributed by atoms with Crippen LogP contribution >= 0.6 is 0 Å². The first-order valence-corrected chi connectivity index (χ1v) is 6.68. The molecule has 0 unspecified atom stereocenters. The number of rotatable bonds is 2. The van der Waals surface area contributed by atoms with Crippen molar-refractivity contribution in [2.24, 2.45) is 0 Å². The third-order valence-corrected chi connectivity index (χ3v) is 3.19. The molecule has 21 heavy (non-hydrogen) atoms. The van der Waals surface area contributed by atoms with Crippen molar-refractivity contribution < 1.29 is 14.3 Å². The third kappa shape index (κ3) is 2.72. The molecule has 0 spiro atoms. The number of benzene rings is 2. The highest BCUT2D eigenvalue weighted by Gasteiger charge is 2.36. The number of hydrogen-bond donors (Lipinski definition) is 0. The second kappa shape index (κ2) is 5.66. The minimum atomic E-state index is -0.687. The fraction of sp³-hybridized carbons (Fsp3) is 0.125. The van der Waals surface area contributed by atoms with Gasteiger partial charge in [-0.2, -0.15) is 5.01 Å². The summed E-state index contributed by atoms with van der Waals surface area (Å²) in [6, 6.07) is 18.0. The lowest BCUT2D eigenvalue weighted by Crippen LogP contribution is -2.45. The average Bonchev–Trinajstić information content (AvgIpc) is 2.91. The van der Waals surface area contributed by atoms with Crippen molar-refractivity contribution >= 4 is 17.7 Å². The molecule has 3 rings (SSSR count). The molecule has 1 fully saturated rings. The first-order valence-electron chi connectivity index (χ1n) is 6.68. The molecule has 0 N–H and O–H groups in total. The monoisotopic (exact) mass is 282 g/mol. The Morgan fingerprint density at radius 1 is 0.952 bits per heavy atom. The van der Waals surface area contributed by atoms with Gasteiger partial charge in [0.25, 0.3) is 5.91 Å². The predicted octanol–water partition coefficient (Wildman–Crippen LogP) is 2.84. The van der Waals surface area contributed by atoms with Crippen LogP contribution in [0.3, 0.4) is 0 Å². The van der Waals surface area contributed by atoms with Crippen molar-refractivity contribution in [1.29, 1.82) is 0 Å². The highest BCUT2D eigenvalue weighted by atomic mass is 16.6. The van der Waals surface area contributed by atoms with Gasteiger partial charge < -0.3 is 4.74 Å². The van der Waals surface area contributed by atoms with E-state index in [9.17, 15) is 9.59 Å². The van der Waals surface area contributed by atoms with Gasteiger partial charge in [0, 0.05) is 13.0 Å². The molecule has 5 heteroatoms. The quantitative estimate of drug-likeness (QED) is 0.850. The number of amides is 2. The number of ether oxygens (including phenoxy) is 1. The number of nitrogens with zero attached hydrogens (tertiary/aromatic N) is 2. The van der Waals surface area contributed by atoms with Gasteiger partial charge in [0.1, 0.15) is 5.75 Å². The average molecular weight is 282 g/mol. The van der Waals surface area contributed by atoms with Crippen LogP contribution in [0.2, 0.25) is 0 Å². The van der Waals surface area contributed by atoms with Crippen LogP contribution in [0.4, 0.5) is 10.5 Å². The molecular formula is C16H14N2O3. The normalized spacial score (nSPS) is 14.4. The van der Waals surface area contributed by atoms with Crippen molar-refractivity contribution in [2.45, 2.75) is 6.42 Å². The fourth-order valence-electron chi connectivity index (χ4n) is 2.22. The molecule has 5 nitrogen and oxygen atoms in total. The molecule has 0 saturated carbocycles. The van der Waals surface area contributed by atoms with Gasteiger partial charge >= 0.3 is 6.09 Å². The van der Waals surface area contributed by atoms with Crippen LogP contribution in [-0.4, -0.2) is 23.6 Å². The summed E-state index contributed by atoms with van der Waals surface area (Å²) in [5.74, 6) is 0.148. The maximum absolute atomic E-state index is 12.3. The summed E-state index contributed by atoms with van der Waals surface area (Å²) in [4.78, 5) is 24.2. The van der Waals surface area contributed by atoms with Gasteiger partial charge in [0.05, 0.1) is 5.69 Å². The Balaban J connectivity index is 1.81. The largest absolute Gasteiger partial charge is 0.441 e. The number of anilines is 1. The Morgan fingerprint density at radius 2 is 1.57 bits per heavy atom. The molecule has 0 aromatic heterocycles. The van der Waals surface area contributed by atoms with Crippen molar-refractivity contribution in [3.8, 4) is 5.75 Å². The molecule has 2 aromatic carbocycles. The summed E-state index contributed by atoms with van der Waals surface area (Å²) in [6.45, 7) is 0.465. The van der Waals surface area contributed by atoms with Gasteiger partial charge in [-0.3, -0.25) is 9.80 Å². The standard InChI is InChI=1S/C16H14N2O3/c19-15-11-12-17(13-7-3-1-4-8-13)18(15)16(20)21-14-9-5-2-6-10-14/h1-10H,11-12H2. The molecule has 106 valence electrons. The SMILES string of the molecule is O=C1CCN(c2ccccc2)N1C(=O)Oc1ccccc1. The van der Waals surface area contributed by atoms with E-state index in [1.165, 1.54) is 0 Å². The maximum atomic E-state index is 12.3. The highest BCUT2D eigenvalue weighted by Crippen LogP contribution is 2.23. The van der Waals surface area contributed by atoms with E-state index >= 15 is 0 Å². The number of carbonyl (C=O) groups excluding carboxylic acids is 2. The van der Waals surface area contributed by atoms with Crippen LogP contribution in [0.5, 0.6) is 5.75 Å². The van der Waals surface area contributed by atoms with Crippen LogP contribution in [0.1, 0.15) is 6.42 Å². The number of hydrogen-bond acceptors (Lipinski definition) is 4. The van der Waals surface area contributed by atoms with Crippen LogP contribution in [0, 0.1) is 0 Å². The van der Waals surface area contributed by atoms with Crippen LogP contribution < -0.4 is 9.75 Å². The summed E-state index contributed by atoms with van der Waals surface area (Å²) in [5.41, 5.74) is 0.786. The number of hydrazine groups is 1. The van der Waals surface area contributed by atoms with Crippen LogP contribution in [0.15, 0.2) is 60.7 Å². The van der Waals surface area contributed by atoms with Gasteiger partial charge in [-0.25, -0.2) is 4.79 Å². The summed E-state index contributed by atoms with van der Waals surface area (Å²) in [5, 5.41) is 2.69. The minimum Gasteiger partial charge on any atom is -0.409 e. The van der Waals surface area contributed by atoms with Gasteiger partial charge in [-0.15, -0.1) is 0 Å². The molecule has 0 bridgehead atoms. The predicted molar refractivity (Wildman–Crippen MR) is 77.7 cm³/mol. The lowest BCUT2D eigenvalue weighted by Gasteiger charge is -2.26. The third-order valence-electron chi connectivity index (χ3n) is 3.19. The summed E-state index contributed by atoms with van der Waals surface area (Å²) in [7, 11) is 0. The Morgan fingerprint density at radius 3 is 2.24 bits per heavy atom. The van der Waals surface area contributed by atoms with E-state index in [1.54, 1.807) is 29.3 Å². The van der Waals surface area contributed by atoms with Crippen molar-refractivity contribution in [2.75, 3.05) is 11.6 Å². The lowest BCUT2D eigenvalue weighted by molar-refractivity contribution is -0.126. The molecule has 1 aliphatic heterocycles. The van der Waals surface area contributed by atoms with Gasteiger partial charge in [0.2, 0.25) is 0 Å². The van der Waals surface area contributed by atoms with Gasteiger partial charge in [-0.1, -0.05) is 36.4 Å². The fourth-order valence-corrected chi connectivity index (χ4v) is 2.22. The molecule has 2 amide bonds. The van der Waals surface area contributed by atoms with Crippen molar-refractivity contribution in [3.63, 3.8) is 0 Å². The highest BCUT2D eigenvalue weighted by molar-refractivity contribution is 5.96. The zero-order chi connectivity index (χ0) is 14.7. The Bertz CT molecular complexity index is 643. The second-order valence-electron chi connectivity index (χ2n) is 4.60. The number of carbonyl (C=O) groups is 2. The van der Waals surface area contributed by atoms with E-state index < -0.39 is 6.09 Å². The molecular weight excluding hydrogens is 268 g/mol. The van der Waals surface area contributed by atoms with E-state index in [1.807, 2.05) is 36.4 Å². The first kappa shape index (κ1) is 13.2. The van der Waals surface area contributed by atoms with Gasteiger partial charge in [0.15, 0.2) is 0 Å². The number of imide groups is 1. The van der Waals surface area contributed by atoms with Crippen molar-refractivity contribution in [3.05, 3.63) is 60.7 Å². The Hall–Kier alpha value is -2.82. The first-order chi connectivity index (χ1) is 10.3. The van der Waals surface area contributed by atoms with Crippen LogP contribution in [-0.2, 0) is 4.79 Å². The van der Waals surface area contributed by atoms with E-state index in [0.717, 1.165) is 10.7 Å². The summed E-state index contributed by atoms with van der Waals surface area (Å²) < 4.78 is 5.24. The summed E-state index contributed by atoms with van der Waals surface area (Å²) in [6.07, 6.45) is -0.397. The Kier molecular flexibility index (Phi) is 3.55. The molecule has 1 aliphatic rings. The Labute approximate surface area is 122 Å². The molecule has 0 radical (unpaired) electrons. The lowest BCUT2D eigenvalue weighted by atomic mass is 10.3. The smallest absolute Gasteiger partial charge is 0.409 e. The van der Waals surface area contributed by atoms with E-state index in [2.05, 4.69) is 0 Å². The zero-order valence-electron chi connectivity index (χ0n) is 11.3. The molecule has 0 aliphatic carbocycles. The minimum absolute atomic E-state index is 0.264. The molecule has 0 atom stereocenters. The molecule has 2 aromatic rings. The topological polar surface area (TPSA) is 49.9 Å². The van der Waals surface area contributed by atoms with Crippen molar-refractivity contribution in [1.82, 2.24) is 5.01 Å².